The summed E-state index contributed by atoms with van der Waals surface area (Å²) < 4.78 is 17.0. The van der Waals surface area contributed by atoms with Crippen LogP contribution in [0.2, 0.25) is 0 Å². The number of hydrogen-bond acceptors (Lipinski definition) is 6. The topological polar surface area (TPSA) is 83.4 Å². The Morgan fingerprint density at radius 3 is 2.44 bits per heavy atom. The van der Waals surface area contributed by atoms with Crippen LogP contribution in [0.3, 0.4) is 0 Å². The molecule has 7 heteroatoms. The van der Waals surface area contributed by atoms with E-state index in [1.165, 1.54) is 5.69 Å². The second-order valence-corrected chi connectivity index (χ2v) is 9.20. The Balaban J connectivity index is 1.29. The predicted octanol–water partition coefficient (Wildman–Crippen LogP) is 5.16. The number of anilines is 1. The van der Waals surface area contributed by atoms with Crippen LogP contribution in [0.5, 0.6) is 5.75 Å². The van der Waals surface area contributed by atoms with Gasteiger partial charge in [-0.3, -0.25) is 0 Å². The van der Waals surface area contributed by atoms with Crippen LogP contribution in [0.15, 0.2) is 60.8 Å². The molecule has 182 valence electrons. The molecule has 0 aliphatic carbocycles. The van der Waals surface area contributed by atoms with Crippen LogP contribution >= 0.6 is 0 Å². The summed E-state index contributed by atoms with van der Waals surface area (Å²) in [6.45, 7) is 4.78. The molecule has 0 radical (unpaired) electrons. The summed E-state index contributed by atoms with van der Waals surface area (Å²) in [4.78, 5) is 10.4. The summed E-state index contributed by atoms with van der Waals surface area (Å²) in [6, 6.07) is 20.9. The number of fused-ring (bicyclic) bond motifs is 1. The zero-order chi connectivity index (χ0) is 24.3. The fraction of sp³-hybridized carbons (Fsp3) is 0.310. The molecule has 0 atom stereocenters. The zero-order valence-electron chi connectivity index (χ0n) is 20.1. The fourth-order valence-corrected chi connectivity index (χ4v) is 4.97. The van der Waals surface area contributed by atoms with Crippen LogP contribution in [0.4, 0.5) is 5.69 Å². The molecule has 0 amide bonds. The molecule has 6 rings (SSSR count). The highest BCUT2D eigenvalue weighted by atomic mass is 16.5. The molecule has 2 fully saturated rings. The molecule has 36 heavy (non-hydrogen) atoms. The third-order valence-electron chi connectivity index (χ3n) is 6.96. The minimum absolute atomic E-state index is 0.0891. The van der Waals surface area contributed by atoms with Crippen molar-refractivity contribution in [3.8, 4) is 34.2 Å². The predicted molar refractivity (Wildman–Crippen MR) is 139 cm³/mol. The van der Waals surface area contributed by atoms with Crippen molar-refractivity contribution in [2.45, 2.75) is 18.9 Å². The molecule has 0 saturated carbocycles. The molecule has 0 unspecified atom stereocenters. The number of H-pyrrole nitrogens is 1. The van der Waals surface area contributed by atoms with Crippen molar-refractivity contribution in [3.05, 3.63) is 66.4 Å². The SMILES string of the molecule is N#Cc1cc(-c2ccnc3[nH]c(-c4ccc(N5CCOCC5)cc4)cc23)ccc1OC1CCOCC1. The average Bonchev–Trinajstić information content (AvgIpc) is 3.39. The number of hydrogen-bond donors (Lipinski definition) is 1. The standard InChI is InChI=1S/C29H28N4O3/c30-19-22-17-21(3-6-28(22)36-24-8-13-34-14-9-24)25-7-10-31-29-26(25)18-27(32-29)20-1-4-23(5-2-20)33-11-15-35-16-12-33/h1-7,10,17-18,24H,8-9,11-16H2,(H,31,32). The van der Waals surface area contributed by atoms with Gasteiger partial charge in [0.15, 0.2) is 0 Å². The van der Waals surface area contributed by atoms with Gasteiger partial charge in [-0.1, -0.05) is 18.2 Å². The van der Waals surface area contributed by atoms with Crippen molar-refractivity contribution in [2.24, 2.45) is 0 Å². The Labute approximate surface area is 210 Å². The van der Waals surface area contributed by atoms with E-state index in [1.807, 2.05) is 24.3 Å². The number of pyridine rings is 1. The maximum absolute atomic E-state index is 9.82. The minimum atomic E-state index is 0.0891. The molecule has 0 bridgehead atoms. The quantitative estimate of drug-likeness (QED) is 0.425. The van der Waals surface area contributed by atoms with Gasteiger partial charge in [-0.2, -0.15) is 5.26 Å². The Bertz CT molecular complexity index is 1390. The van der Waals surface area contributed by atoms with Crippen molar-refractivity contribution in [1.29, 1.82) is 5.26 Å². The summed E-state index contributed by atoms with van der Waals surface area (Å²) in [5.41, 5.74) is 6.68. The number of benzene rings is 2. The van der Waals surface area contributed by atoms with E-state index in [0.29, 0.717) is 24.5 Å². The number of rotatable bonds is 5. The first kappa shape index (κ1) is 22.6. The number of aromatic nitrogens is 2. The van der Waals surface area contributed by atoms with Gasteiger partial charge in [0.25, 0.3) is 0 Å². The van der Waals surface area contributed by atoms with Gasteiger partial charge < -0.3 is 24.1 Å². The molecular formula is C29H28N4O3. The van der Waals surface area contributed by atoms with E-state index in [1.54, 1.807) is 6.20 Å². The summed E-state index contributed by atoms with van der Waals surface area (Å²) in [7, 11) is 0. The maximum Gasteiger partial charge on any atom is 0.138 e. The first-order chi connectivity index (χ1) is 17.8. The first-order valence-electron chi connectivity index (χ1n) is 12.5. The van der Waals surface area contributed by atoms with Crippen LogP contribution in [-0.2, 0) is 9.47 Å². The van der Waals surface area contributed by atoms with E-state index >= 15 is 0 Å². The van der Waals surface area contributed by atoms with Crippen molar-refractivity contribution < 1.29 is 14.2 Å². The van der Waals surface area contributed by atoms with E-state index in [9.17, 15) is 5.26 Å². The summed E-state index contributed by atoms with van der Waals surface area (Å²) >= 11 is 0. The molecule has 1 N–H and O–H groups in total. The summed E-state index contributed by atoms with van der Waals surface area (Å²) in [6.07, 6.45) is 3.58. The number of morpholine rings is 1. The van der Waals surface area contributed by atoms with E-state index in [4.69, 9.17) is 14.2 Å². The smallest absolute Gasteiger partial charge is 0.138 e. The second kappa shape index (κ2) is 10.0. The number of nitrogens with zero attached hydrogens (tertiary/aromatic N) is 3. The van der Waals surface area contributed by atoms with Crippen molar-refractivity contribution in [3.63, 3.8) is 0 Å². The lowest BCUT2D eigenvalue weighted by Gasteiger charge is -2.28. The fourth-order valence-electron chi connectivity index (χ4n) is 4.97. The molecule has 2 saturated heterocycles. The van der Waals surface area contributed by atoms with E-state index in [-0.39, 0.29) is 6.10 Å². The molecule has 2 aliphatic heterocycles. The highest BCUT2D eigenvalue weighted by Crippen LogP contribution is 2.34. The van der Waals surface area contributed by atoms with E-state index < -0.39 is 0 Å². The van der Waals surface area contributed by atoms with Crippen molar-refractivity contribution in [1.82, 2.24) is 9.97 Å². The van der Waals surface area contributed by atoms with Crippen LogP contribution in [0, 0.1) is 11.3 Å². The van der Waals surface area contributed by atoms with Gasteiger partial charge in [0.1, 0.15) is 23.6 Å². The van der Waals surface area contributed by atoms with Gasteiger partial charge in [0.05, 0.1) is 32.0 Å². The lowest BCUT2D eigenvalue weighted by molar-refractivity contribution is 0.0254. The Morgan fingerprint density at radius 2 is 1.67 bits per heavy atom. The highest BCUT2D eigenvalue weighted by molar-refractivity contribution is 5.96. The molecule has 2 aromatic carbocycles. The summed E-state index contributed by atoms with van der Waals surface area (Å²) in [5, 5.41) is 10.8. The van der Waals surface area contributed by atoms with Crippen molar-refractivity contribution >= 4 is 16.7 Å². The Kier molecular flexibility index (Phi) is 6.29. The second-order valence-electron chi connectivity index (χ2n) is 9.20. The Hall–Kier alpha value is -3.86. The Morgan fingerprint density at radius 1 is 0.917 bits per heavy atom. The largest absolute Gasteiger partial charge is 0.489 e. The van der Waals surface area contributed by atoms with Crippen molar-refractivity contribution in [2.75, 3.05) is 44.4 Å². The van der Waals surface area contributed by atoms with Crippen LogP contribution in [0.25, 0.3) is 33.4 Å². The number of nitriles is 1. The van der Waals surface area contributed by atoms with Gasteiger partial charge in [-0.25, -0.2) is 4.98 Å². The van der Waals surface area contributed by atoms with Crippen LogP contribution in [-0.4, -0.2) is 55.6 Å². The molecule has 7 nitrogen and oxygen atoms in total. The van der Waals surface area contributed by atoms with E-state index in [0.717, 1.165) is 72.6 Å². The molecule has 2 aliphatic rings. The number of aromatic amines is 1. The van der Waals surface area contributed by atoms with Gasteiger partial charge in [-0.05, 0) is 53.1 Å². The molecule has 4 aromatic rings. The lowest BCUT2D eigenvalue weighted by atomic mass is 10.0. The zero-order valence-corrected chi connectivity index (χ0v) is 20.1. The van der Waals surface area contributed by atoms with Gasteiger partial charge in [0, 0.05) is 48.9 Å². The van der Waals surface area contributed by atoms with Crippen LogP contribution < -0.4 is 9.64 Å². The number of ether oxygens (including phenoxy) is 3. The monoisotopic (exact) mass is 480 g/mol. The van der Waals surface area contributed by atoms with Gasteiger partial charge >= 0.3 is 0 Å². The van der Waals surface area contributed by atoms with Gasteiger partial charge in [-0.15, -0.1) is 0 Å². The minimum Gasteiger partial charge on any atom is -0.489 e. The average molecular weight is 481 g/mol. The molecule has 4 heterocycles. The van der Waals surface area contributed by atoms with Crippen LogP contribution in [0.1, 0.15) is 18.4 Å². The van der Waals surface area contributed by atoms with E-state index in [2.05, 4.69) is 51.3 Å². The summed E-state index contributed by atoms with van der Waals surface area (Å²) in [5.74, 6) is 0.633. The molecule has 2 aromatic heterocycles. The third kappa shape index (κ3) is 4.53. The third-order valence-corrected chi connectivity index (χ3v) is 6.96. The molecule has 0 spiro atoms. The van der Waals surface area contributed by atoms with Gasteiger partial charge in [0.2, 0.25) is 0 Å². The maximum atomic E-state index is 9.82. The highest BCUT2D eigenvalue weighted by Gasteiger charge is 2.18. The number of nitrogens with one attached hydrogen (secondary N) is 1. The lowest BCUT2D eigenvalue weighted by Crippen LogP contribution is -2.36. The first-order valence-corrected chi connectivity index (χ1v) is 12.5. The normalized spacial score (nSPS) is 16.7. The molecular weight excluding hydrogens is 452 g/mol.